The van der Waals surface area contributed by atoms with E-state index in [4.69, 9.17) is 9.47 Å². The van der Waals surface area contributed by atoms with E-state index in [1.54, 1.807) is 13.0 Å². The van der Waals surface area contributed by atoms with Crippen molar-refractivity contribution in [2.75, 3.05) is 6.61 Å². The molecule has 108 valence electrons. The molecule has 7 heteroatoms. The number of amidine groups is 1. The molecule has 20 heavy (non-hydrogen) atoms. The molecule has 2 aliphatic heterocycles. The van der Waals surface area contributed by atoms with Crippen LogP contribution in [0.25, 0.3) is 0 Å². The minimum absolute atomic E-state index is 0.116. The maximum absolute atomic E-state index is 11.4. The summed E-state index contributed by atoms with van der Waals surface area (Å²) in [6.07, 6.45) is 6.56. The van der Waals surface area contributed by atoms with E-state index < -0.39 is 0 Å². The number of fused-ring (bicyclic) bond motifs is 1. The van der Waals surface area contributed by atoms with Crippen molar-refractivity contribution in [2.24, 2.45) is 4.99 Å². The molecule has 0 bridgehead atoms. The predicted octanol–water partition coefficient (Wildman–Crippen LogP) is 0.847. The zero-order valence-electron chi connectivity index (χ0n) is 11.2. The average Bonchev–Trinajstić information content (AvgIpc) is 2.77. The minimum Gasteiger partial charge on any atom is -0.463 e. The Morgan fingerprint density at radius 3 is 3.05 bits per heavy atom. The maximum Gasteiger partial charge on any atom is 0.302 e. The van der Waals surface area contributed by atoms with Gasteiger partial charge in [-0.25, -0.2) is 0 Å². The lowest BCUT2D eigenvalue weighted by Crippen LogP contribution is -2.37. The quantitative estimate of drug-likeness (QED) is 0.617. The molecule has 2 heterocycles. The fourth-order valence-electron chi connectivity index (χ4n) is 1.76. The monoisotopic (exact) mass is 296 g/mol. The van der Waals surface area contributed by atoms with Gasteiger partial charge < -0.3 is 14.8 Å². The highest BCUT2D eigenvalue weighted by Crippen LogP contribution is 2.34. The second-order valence-corrected chi connectivity index (χ2v) is 5.35. The third-order valence-electron chi connectivity index (χ3n) is 2.60. The average molecular weight is 296 g/mol. The molecule has 2 radical (unpaired) electrons. The highest BCUT2D eigenvalue weighted by Gasteiger charge is 2.38. The van der Waals surface area contributed by atoms with Crippen molar-refractivity contribution in [1.29, 1.82) is 0 Å². The van der Waals surface area contributed by atoms with E-state index in [2.05, 4.69) is 10.3 Å². The number of hydrogen-bond donors (Lipinski definition) is 1. The SMILES string of the molecule is C/C=C/C(=O)NC1=N[C@@H]2[CH][CH][C@H](COC(C)=O)O[C@@H]2S1. The lowest BCUT2D eigenvalue weighted by molar-refractivity contribution is -0.145. The van der Waals surface area contributed by atoms with Crippen LogP contribution < -0.4 is 5.32 Å². The van der Waals surface area contributed by atoms with Crippen LogP contribution in [0.4, 0.5) is 0 Å². The van der Waals surface area contributed by atoms with E-state index in [1.807, 2.05) is 12.8 Å². The summed E-state index contributed by atoms with van der Waals surface area (Å²) in [5.41, 5.74) is -0.193. The normalized spacial score (nSPS) is 28.9. The Labute approximate surface area is 122 Å². The Morgan fingerprint density at radius 2 is 2.35 bits per heavy atom. The fraction of sp³-hybridized carbons (Fsp3) is 0.462. The van der Waals surface area contributed by atoms with Crippen molar-refractivity contribution < 1.29 is 19.1 Å². The van der Waals surface area contributed by atoms with Gasteiger partial charge in [0.15, 0.2) is 5.17 Å². The van der Waals surface area contributed by atoms with Crippen molar-refractivity contribution >= 4 is 28.8 Å². The number of rotatable bonds is 3. The van der Waals surface area contributed by atoms with Crippen LogP contribution in [-0.4, -0.2) is 41.2 Å². The van der Waals surface area contributed by atoms with Gasteiger partial charge in [0.25, 0.3) is 0 Å². The van der Waals surface area contributed by atoms with Crippen LogP contribution in [0.15, 0.2) is 17.1 Å². The van der Waals surface area contributed by atoms with Crippen LogP contribution in [0.2, 0.25) is 0 Å². The van der Waals surface area contributed by atoms with Crippen LogP contribution >= 0.6 is 11.8 Å². The van der Waals surface area contributed by atoms with Crippen molar-refractivity contribution in [3.8, 4) is 0 Å². The number of esters is 1. The second kappa shape index (κ2) is 6.90. The first-order valence-corrected chi connectivity index (χ1v) is 7.11. The number of hydrogen-bond acceptors (Lipinski definition) is 6. The summed E-state index contributed by atoms with van der Waals surface area (Å²) in [7, 11) is 0. The molecule has 6 nitrogen and oxygen atoms in total. The summed E-state index contributed by atoms with van der Waals surface area (Å²) in [6, 6.07) is -0.116. The second-order valence-electron chi connectivity index (χ2n) is 4.26. The highest BCUT2D eigenvalue weighted by molar-refractivity contribution is 8.14. The van der Waals surface area contributed by atoms with Crippen LogP contribution in [0.1, 0.15) is 13.8 Å². The van der Waals surface area contributed by atoms with Crippen LogP contribution in [0.5, 0.6) is 0 Å². The van der Waals surface area contributed by atoms with Gasteiger partial charge in [-0.15, -0.1) is 0 Å². The number of nitrogens with one attached hydrogen (secondary N) is 1. The largest absolute Gasteiger partial charge is 0.463 e. The summed E-state index contributed by atoms with van der Waals surface area (Å²) in [5.74, 6) is -0.545. The number of thioether (sulfide) groups is 1. The highest BCUT2D eigenvalue weighted by atomic mass is 32.2. The van der Waals surface area contributed by atoms with Gasteiger partial charge in [0.1, 0.15) is 12.0 Å². The smallest absolute Gasteiger partial charge is 0.302 e. The molecule has 2 rings (SSSR count). The van der Waals surface area contributed by atoms with E-state index in [9.17, 15) is 9.59 Å². The third-order valence-corrected chi connectivity index (χ3v) is 3.66. The maximum atomic E-state index is 11.4. The number of carbonyl (C=O) groups is 2. The number of nitrogens with zero attached hydrogens (tertiary/aromatic N) is 1. The summed E-state index contributed by atoms with van der Waals surface area (Å²) in [5, 5.41) is 3.23. The van der Waals surface area contributed by atoms with E-state index in [0.717, 1.165) is 0 Å². The number of ether oxygens (including phenoxy) is 2. The molecule has 0 unspecified atom stereocenters. The van der Waals surface area contributed by atoms with E-state index in [-0.39, 0.29) is 36.1 Å². The number of amides is 1. The van der Waals surface area contributed by atoms with Gasteiger partial charge in [-0.1, -0.05) is 17.8 Å². The topological polar surface area (TPSA) is 77.0 Å². The molecule has 0 aromatic rings. The van der Waals surface area contributed by atoms with Crippen LogP contribution in [0, 0.1) is 12.8 Å². The van der Waals surface area contributed by atoms with E-state index >= 15 is 0 Å². The molecule has 0 aromatic heterocycles. The molecular formula is C13H16N2O4S. The van der Waals surface area contributed by atoms with Crippen LogP contribution in [-0.2, 0) is 19.1 Å². The molecule has 1 saturated heterocycles. The lowest BCUT2D eigenvalue weighted by Gasteiger charge is -2.29. The first-order valence-electron chi connectivity index (χ1n) is 6.24. The van der Waals surface area contributed by atoms with Gasteiger partial charge in [0, 0.05) is 6.92 Å². The molecule has 0 aliphatic carbocycles. The molecule has 3 atom stereocenters. The predicted molar refractivity (Wildman–Crippen MR) is 75.7 cm³/mol. The standard InChI is InChI=1S/C13H16N2O4S/c1-3-4-11(17)15-13-14-10-6-5-9(7-18-8(2)16)19-12(10)20-13/h3-6,9-10,12H,7H2,1-2H3,(H,14,15,17)/b4-3+/t9-,10-,12-/m1/s1. The first kappa shape index (κ1) is 15.1. The molecule has 1 amide bonds. The van der Waals surface area contributed by atoms with Crippen LogP contribution in [0.3, 0.4) is 0 Å². The fourth-order valence-corrected chi connectivity index (χ4v) is 2.81. The number of allylic oxidation sites excluding steroid dienone is 1. The Bertz CT molecular complexity index is 450. The minimum atomic E-state index is -0.334. The van der Waals surface area contributed by atoms with Gasteiger partial charge in [-0.2, -0.15) is 0 Å². The molecule has 1 N–H and O–H groups in total. The Kier molecular flexibility index (Phi) is 5.19. The summed E-state index contributed by atoms with van der Waals surface area (Å²) in [4.78, 5) is 26.6. The Hall–Kier alpha value is -1.34. The van der Waals surface area contributed by atoms with E-state index in [0.29, 0.717) is 5.17 Å². The molecule has 1 fully saturated rings. The molecule has 2 aliphatic rings. The zero-order valence-corrected chi connectivity index (χ0v) is 12.1. The van der Waals surface area contributed by atoms with E-state index in [1.165, 1.54) is 24.8 Å². The Balaban J connectivity index is 1.82. The van der Waals surface area contributed by atoms with Gasteiger partial charge in [0.2, 0.25) is 5.91 Å². The lowest BCUT2D eigenvalue weighted by atomic mass is 10.1. The number of carbonyl (C=O) groups excluding carboxylic acids is 2. The van der Waals surface area contributed by atoms with Crippen molar-refractivity contribution in [3.63, 3.8) is 0 Å². The van der Waals surface area contributed by atoms with Gasteiger partial charge >= 0.3 is 5.97 Å². The summed E-state index contributed by atoms with van der Waals surface area (Å²) in [6.45, 7) is 3.32. The zero-order chi connectivity index (χ0) is 14.5. The Morgan fingerprint density at radius 1 is 1.55 bits per heavy atom. The van der Waals surface area contributed by atoms with Gasteiger partial charge in [0.05, 0.1) is 12.1 Å². The third kappa shape index (κ3) is 4.08. The van der Waals surface area contributed by atoms with Gasteiger partial charge in [-0.3, -0.25) is 14.6 Å². The first-order chi connectivity index (χ1) is 9.58. The summed E-state index contributed by atoms with van der Waals surface area (Å²) >= 11 is 1.36. The van der Waals surface area contributed by atoms with Gasteiger partial charge in [-0.05, 0) is 25.8 Å². The summed E-state index contributed by atoms with van der Waals surface area (Å²) < 4.78 is 10.7. The van der Waals surface area contributed by atoms with Crippen molar-refractivity contribution in [3.05, 3.63) is 25.0 Å². The van der Waals surface area contributed by atoms with Crippen molar-refractivity contribution in [1.82, 2.24) is 5.32 Å². The molecule has 0 spiro atoms. The van der Waals surface area contributed by atoms with Crippen molar-refractivity contribution in [2.45, 2.75) is 31.4 Å². The molecule has 0 aromatic carbocycles. The molecule has 0 saturated carbocycles. The molecular weight excluding hydrogens is 280 g/mol. The number of aliphatic imine (C=N–C) groups is 1.